The molecule has 6 heteroatoms. The highest BCUT2D eigenvalue weighted by Gasteiger charge is 2.25. The lowest BCUT2D eigenvalue weighted by Crippen LogP contribution is -2.08. The summed E-state index contributed by atoms with van der Waals surface area (Å²) in [5.41, 5.74) is 5.12. The Labute approximate surface area is 95.0 Å². The van der Waals surface area contributed by atoms with Crippen LogP contribution in [0.25, 0.3) is 0 Å². The van der Waals surface area contributed by atoms with Crippen LogP contribution in [-0.4, -0.2) is 5.25 Å². The maximum Gasteiger partial charge on any atom is 0.295 e. The van der Waals surface area contributed by atoms with Gasteiger partial charge in [0.15, 0.2) is 0 Å². The Morgan fingerprint density at radius 3 is 2.44 bits per heavy atom. The molecular formula is C10H11F4NS. The smallest absolute Gasteiger partial charge is 0.295 e. The lowest BCUT2D eigenvalue weighted by molar-refractivity contribution is 0.128. The molecule has 0 heterocycles. The van der Waals surface area contributed by atoms with E-state index in [1.807, 2.05) is 0 Å². The maximum absolute atomic E-state index is 12.8. The van der Waals surface area contributed by atoms with E-state index in [1.54, 1.807) is 0 Å². The van der Waals surface area contributed by atoms with Crippen LogP contribution in [0.3, 0.4) is 0 Å². The molecule has 0 radical (unpaired) electrons. The Balaban J connectivity index is 3.14. The highest BCUT2D eigenvalue weighted by Crippen LogP contribution is 2.39. The molecule has 1 nitrogen and oxygen atoms in total. The molecule has 0 amide bonds. The van der Waals surface area contributed by atoms with Crippen LogP contribution in [0, 0.1) is 0 Å². The summed E-state index contributed by atoms with van der Waals surface area (Å²) in [6.07, 6.45) is -2.70. The van der Waals surface area contributed by atoms with Gasteiger partial charge in [0.1, 0.15) is 0 Å². The van der Waals surface area contributed by atoms with Crippen molar-refractivity contribution in [1.82, 2.24) is 0 Å². The summed E-state index contributed by atoms with van der Waals surface area (Å²) in [4.78, 5) is 0.104. The molecule has 0 aliphatic carbocycles. The van der Waals surface area contributed by atoms with Crippen molar-refractivity contribution in [1.29, 1.82) is 0 Å². The van der Waals surface area contributed by atoms with Gasteiger partial charge in [0.05, 0.1) is 0 Å². The third kappa shape index (κ3) is 3.38. The summed E-state index contributed by atoms with van der Waals surface area (Å²) in [5, 5.41) is -3.01. The Hall–Kier alpha value is -0.750. The number of nitrogens with two attached hydrogens (primary N) is 1. The highest BCUT2D eigenvalue weighted by molar-refractivity contribution is 8.00. The first kappa shape index (κ1) is 13.3. The van der Waals surface area contributed by atoms with Crippen molar-refractivity contribution in [2.45, 2.75) is 30.0 Å². The summed E-state index contributed by atoms with van der Waals surface area (Å²) in [7, 11) is 0. The van der Waals surface area contributed by atoms with Crippen LogP contribution in [0.4, 0.5) is 17.6 Å². The summed E-state index contributed by atoms with van der Waals surface area (Å²) >= 11 is 0.237. The summed E-state index contributed by atoms with van der Waals surface area (Å²) in [6.45, 7) is 0.534. The SMILES string of the molecule is CC(F)(F)Sc1cccc(C(F)F)c1CN. The zero-order valence-electron chi connectivity index (χ0n) is 8.51. The molecule has 0 aromatic heterocycles. The first-order valence-corrected chi connectivity index (χ1v) is 5.33. The predicted octanol–water partition coefficient (Wildman–Crippen LogP) is 3.79. The van der Waals surface area contributed by atoms with E-state index in [1.165, 1.54) is 18.2 Å². The maximum atomic E-state index is 12.8. The fourth-order valence-electron chi connectivity index (χ4n) is 1.29. The van der Waals surface area contributed by atoms with E-state index < -0.39 is 11.7 Å². The number of halogens is 4. The van der Waals surface area contributed by atoms with Gasteiger partial charge in [-0.25, -0.2) is 8.78 Å². The molecule has 0 saturated heterocycles. The molecule has 0 aliphatic heterocycles. The monoisotopic (exact) mass is 253 g/mol. The number of hydrogen-bond donors (Lipinski definition) is 1. The average molecular weight is 253 g/mol. The Morgan fingerprint density at radius 2 is 2.00 bits per heavy atom. The summed E-state index contributed by atoms with van der Waals surface area (Å²) < 4.78 is 50.7. The molecule has 1 rings (SSSR count). The highest BCUT2D eigenvalue weighted by atomic mass is 32.2. The number of thioether (sulfide) groups is 1. The van der Waals surface area contributed by atoms with Gasteiger partial charge >= 0.3 is 0 Å². The van der Waals surface area contributed by atoms with Crippen molar-refractivity contribution in [3.63, 3.8) is 0 Å². The van der Waals surface area contributed by atoms with E-state index in [-0.39, 0.29) is 34.3 Å². The number of alkyl halides is 4. The average Bonchev–Trinajstić information content (AvgIpc) is 2.14. The third-order valence-electron chi connectivity index (χ3n) is 1.90. The number of hydrogen-bond acceptors (Lipinski definition) is 2. The standard InChI is InChI=1S/C10H11F4NS/c1-10(13,14)16-8-4-2-3-6(9(11)12)7(8)5-15/h2-4,9H,5,15H2,1H3. The van der Waals surface area contributed by atoms with Crippen molar-refractivity contribution in [3.8, 4) is 0 Å². The zero-order chi connectivity index (χ0) is 12.3. The molecule has 0 aliphatic rings. The molecule has 0 bridgehead atoms. The molecule has 16 heavy (non-hydrogen) atoms. The van der Waals surface area contributed by atoms with Gasteiger partial charge in [-0.05, 0) is 11.6 Å². The molecule has 90 valence electrons. The fourth-order valence-corrected chi connectivity index (χ4v) is 2.15. The second-order valence-electron chi connectivity index (χ2n) is 3.24. The van der Waals surface area contributed by atoms with Crippen molar-refractivity contribution in [3.05, 3.63) is 29.3 Å². The van der Waals surface area contributed by atoms with E-state index >= 15 is 0 Å². The Kier molecular flexibility index (Phi) is 4.21. The van der Waals surface area contributed by atoms with Crippen molar-refractivity contribution in [2.24, 2.45) is 5.73 Å². The largest absolute Gasteiger partial charge is 0.326 e. The molecule has 0 unspecified atom stereocenters. The summed E-state index contributed by atoms with van der Waals surface area (Å²) in [6, 6.07) is 3.90. The van der Waals surface area contributed by atoms with Gasteiger partial charge in [0, 0.05) is 23.9 Å². The second kappa shape index (κ2) is 5.05. The minimum absolute atomic E-state index is 0.0871. The van der Waals surface area contributed by atoms with E-state index in [0.717, 1.165) is 0 Å². The van der Waals surface area contributed by atoms with Crippen LogP contribution in [0.5, 0.6) is 0 Å². The van der Waals surface area contributed by atoms with Crippen molar-refractivity contribution in [2.75, 3.05) is 0 Å². The minimum Gasteiger partial charge on any atom is -0.326 e. The normalized spacial score (nSPS) is 12.2. The molecule has 0 fully saturated rings. The minimum atomic E-state index is -3.01. The first-order valence-electron chi connectivity index (χ1n) is 4.52. The van der Waals surface area contributed by atoms with Crippen molar-refractivity contribution >= 4 is 11.8 Å². The van der Waals surface area contributed by atoms with Crippen LogP contribution in [-0.2, 0) is 6.54 Å². The first-order chi connectivity index (χ1) is 7.35. The number of rotatable bonds is 4. The van der Waals surface area contributed by atoms with Crippen LogP contribution in [0.1, 0.15) is 24.5 Å². The van der Waals surface area contributed by atoms with Gasteiger partial charge in [-0.3, -0.25) is 0 Å². The molecule has 0 atom stereocenters. The third-order valence-corrected chi connectivity index (χ3v) is 2.86. The van der Waals surface area contributed by atoms with Gasteiger partial charge in [-0.1, -0.05) is 23.9 Å². The van der Waals surface area contributed by atoms with E-state index in [9.17, 15) is 17.6 Å². The van der Waals surface area contributed by atoms with Crippen molar-refractivity contribution < 1.29 is 17.6 Å². The second-order valence-corrected chi connectivity index (χ2v) is 4.60. The Morgan fingerprint density at radius 1 is 1.38 bits per heavy atom. The van der Waals surface area contributed by atoms with Gasteiger partial charge in [-0.2, -0.15) is 8.78 Å². The molecule has 1 aromatic rings. The van der Waals surface area contributed by atoms with Gasteiger partial charge < -0.3 is 5.73 Å². The fraction of sp³-hybridized carbons (Fsp3) is 0.400. The van der Waals surface area contributed by atoms with Gasteiger partial charge in [0.25, 0.3) is 11.7 Å². The lowest BCUT2D eigenvalue weighted by Gasteiger charge is -2.15. The molecular weight excluding hydrogens is 242 g/mol. The van der Waals surface area contributed by atoms with Crippen LogP contribution < -0.4 is 5.73 Å². The number of benzene rings is 1. The van der Waals surface area contributed by atoms with Crippen LogP contribution >= 0.6 is 11.8 Å². The van der Waals surface area contributed by atoms with E-state index in [2.05, 4.69) is 0 Å². The molecule has 0 saturated carbocycles. The lowest BCUT2D eigenvalue weighted by atomic mass is 10.1. The van der Waals surface area contributed by atoms with E-state index in [0.29, 0.717) is 6.92 Å². The quantitative estimate of drug-likeness (QED) is 0.652. The molecule has 0 spiro atoms. The van der Waals surface area contributed by atoms with Crippen LogP contribution in [0.15, 0.2) is 23.1 Å². The predicted molar refractivity (Wildman–Crippen MR) is 55.8 cm³/mol. The van der Waals surface area contributed by atoms with Gasteiger partial charge in [-0.15, -0.1) is 0 Å². The molecule has 2 N–H and O–H groups in total. The van der Waals surface area contributed by atoms with E-state index in [4.69, 9.17) is 5.73 Å². The van der Waals surface area contributed by atoms with Crippen LogP contribution in [0.2, 0.25) is 0 Å². The topological polar surface area (TPSA) is 26.0 Å². The summed E-state index contributed by atoms with van der Waals surface area (Å²) in [5.74, 6) is 0. The Bertz CT molecular complexity index is 362. The molecule has 1 aromatic carbocycles. The van der Waals surface area contributed by atoms with Gasteiger partial charge in [0.2, 0.25) is 0 Å². The zero-order valence-corrected chi connectivity index (χ0v) is 9.33.